The summed E-state index contributed by atoms with van der Waals surface area (Å²) in [4.78, 5) is 9.85. The molecule has 1 saturated heterocycles. The third-order valence-corrected chi connectivity index (χ3v) is 5.26. The van der Waals surface area contributed by atoms with Gasteiger partial charge in [0, 0.05) is 6.54 Å². The van der Waals surface area contributed by atoms with Crippen molar-refractivity contribution in [1.29, 1.82) is 0 Å². The molecule has 2 rings (SSSR count). The minimum atomic E-state index is -4.84. The molecule has 0 aromatic heterocycles. The Bertz CT molecular complexity index is 702. The lowest BCUT2D eigenvalue weighted by Gasteiger charge is -2.21. The van der Waals surface area contributed by atoms with E-state index >= 15 is 0 Å². The molecule has 0 bridgehead atoms. The zero-order chi connectivity index (χ0) is 16.7. The molecule has 0 amide bonds. The maximum Gasteiger partial charge on any atom is 0.416 e. The van der Waals surface area contributed by atoms with Gasteiger partial charge in [0.25, 0.3) is 0 Å². The fourth-order valence-corrected chi connectivity index (χ4v) is 4.02. The normalized spacial score (nSPS) is 20.3. The van der Waals surface area contributed by atoms with E-state index in [-0.39, 0.29) is 25.5 Å². The van der Waals surface area contributed by atoms with Crippen LogP contribution in [0.15, 0.2) is 23.1 Å². The highest BCUT2D eigenvalue weighted by Gasteiger charge is 2.41. The van der Waals surface area contributed by atoms with Crippen molar-refractivity contribution in [2.45, 2.75) is 30.0 Å². The number of nitrogens with zero attached hydrogens (tertiary/aromatic N) is 1. The minimum absolute atomic E-state index is 0.0230. The summed E-state index contributed by atoms with van der Waals surface area (Å²) in [6.07, 6.45) is -4.58. The molecule has 1 atom stereocenters. The monoisotopic (exact) mass is 341 g/mol. The van der Waals surface area contributed by atoms with Crippen molar-refractivity contribution in [3.05, 3.63) is 29.6 Å². The van der Waals surface area contributed by atoms with Crippen molar-refractivity contribution in [2.24, 2.45) is 0 Å². The van der Waals surface area contributed by atoms with Gasteiger partial charge in [0.05, 0.1) is 5.56 Å². The number of carboxylic acids is 1. The lowest BCUT2D eigenvalue weighted by molar-refractivity contribution is -0.141. The molecule has 1 aliphatic rings. The number of benzene rings is 1. The highest BCUT2D eigenvalue weighted by Crippen LogP contribution is 2.34. The highest BCUT2D eigenvalue weighted by atomic mass is 32.2. The van der Waals surface area contributed by atoms with E-state index in [4.69, 9.17) is 5.11 Å². The van der Waals surface area contributed by atoms with Gasteiger partial charge >= 0.3 is 12.1 Å². The zero-order valence-electron chi connectivity index (χ0n) is 11.0. The summed E-state index contributed by atoms with van der Waals surface area (Å²) in [5.74, 6) is -2.78. The Balaban J connectivity index is 2.52. The van der Waals surface area contributed by atoms with Crippen LogP contribution in [0.3, 0.4) is 0 Å². The van der Waals surface area contributed by atoms with Crippen LogP contribution in [0.5, 0.6) is 0 Å². The fourth-order valence-electron chi connectivity index (χ4n) is 2.28. The van der Waals surface area contributed by atoms with Gasteiger partial charge in [-0.05, 0) is 31.0 Å². The number of rotatable bonds is 3. The van der Waals surface area contributed by atoms with Gasteiger partial charge in [-0.2, -0.15) is 17.5 Å². The van der Waals surface area contributed by atoms with E-state index in [1.54, 1.807) is 0 Å². The molecule has 0 spiro atoms. The third kappa shape index (κ3) is 2.93. The summed E-state index contributed by atoms with van der Waals surface area (Å²) in [7, 11) is -4.67. The van der Waals surface area contributed by atoms with Crippen molar-refractivity contribution in [2.75, 3.05) is 6.54 Å². The number of carboxylic acid groups (broad SMARTS) is 1. The summed E-state index contributed by atoms with van der Waals surface area (Å²) in [6, 6.07) is -0.393. The first-order chi connectivity index (χ1) is 10.0. The fraction of sp³-hybridized carbons (Fsp3) is 0.417. The molecular weight excluding hydrogens is 330 g/mol. The van der Waals surface area contributed by atoms with E-state index < -0.39 is 44.5 Å². The Morgan fingerprint density at radius 1 is 1.32 bits per heavy atom. The number of hydrogen-bond acceptors (Lipinski definition) is 3. The molecule has 0 unspecified atom stereocenters. The molecule has 122 valence electrons. The van der Waals surface area contributed by atoms with Crippen LogP contribution in [0.2, 0.25) is 0 Å². The van der Waals surface area contributed by atoms with Crippen LogP contribution in [0.1, 0.15) is 18.4 Å². The third-order valence-electron chi connectivity index (χ3n) is 3.33. The first-order valence-electron chi connectivity index (χ1n) is 6.16. The van der Waals surface area contributed by atoms with Crippen molar-refractivity contribution < 1.29 is 35.9 Å². The predicted octanol–water partition coefficient (Wildman–Crippen LogP) is 2.08. The van der Waals surface area contributed by atoms with Crippen LogP contribution in [0.25, 0.3) is 0 Å². The quantitative estimate of drug-likeness (QED) is 0.854. The second-order valence-electron chi connectivity index (χ2n) is 4.75. The number of sulfonamides is 1. The lowest BCUT2D eigenvalue weighted by Crippen LogP contribution is -2.40. The summed E-state index contributed by atoms with van der Waals surface area (Å²) < 4.78 is 76.8. The van der Waals surface area contributed by atoms with Gasteiger partial charge in [0.1, 0.15) is 16.8 Å². The Kier molecular flexibility index (Phi) is 4.18. The molecule has 1 N–H and O–H groups in total. The van der Waals surface area contributed by atoms with Crippen LogP contribution in [-0.2, 0) is 21.0 Å². The van der Waals surface area contributed by atoms with Crippen LogP contribution in [0, 0.1) is 5.82 Å². The van der Waals surface area contributed by atoms with Gasteiger partial charge in [-0.25, -0.2) is 12.8 Å². The molecule has 1 aliphatic heterocycles. The molecule has 10 heteroatoms. The van der Waals surface area contributed by atoms with E-state index in [9.17, 15) is 30.8 Å². The maximum absolute atomic E-state index is 13.7. The van der Waals surface area contributed by atoms with Crippen LogP contribution < -0.4 is 0 Å². The zero-order valence-corrected chi connectivity index (χ0v) is 11.8. The van der Waals surface area contributed by atoms with Gasteiger partial charge in [-0.3, -0.25) is 4.79 Å². The molecule has 22 heavy (non-hydrogen) atoms. The van der Waals surface area contributed by atoms with Gasteiger partial charge in [-0.15, -0.1) is 0 Å². The molecule has 0 radical (unpaired) electrons. The summed E-state index contributed by atoms with van der Waals surface area (Å²) in [5, 5.41) is 8.97. The smallest absolute Gasteiger partial charge is 0.416 e. The summed E-state index contributed by atoms with van der Waals surface area (Å²) >= 11 is 0. The summed E-state index contributed by atoms with van der Waals surface area (Å²) in [6.45, 7) is -0.186. The lowest BCUT2D eigenvalue weighted by atomic mass is 10.2. The van der Waals surface area contributed by atoms with E-state index in [1.807, 2.05) is 0 Å². The van der Waals surface area contributed by atoms with E-state index in [2.05, 4.69) is 0 Å². The molecule has 1 fully saturated rings. The van der Waals surface area contributed by atoms with Gasteiger partial charge in [-0.1, -0.05) is 0 Å². The van der Waals surface area contributed by atoms with Crippen molar-refractivity contribution in [1.82, 2.24) is 4.31 Å². The Morgan fingerprint density at radius 2 is 1.95 bits per heavy atom. The largest absolute Gasteiger partial charge is 0.480 e. The molecule has 5 nitrogen and oxygen atoms in total. The van der Waals surface area contributed by atoms with Gasteiger partial charge < -0.3 is 5.11 Å². The average Bonchev–Trinajstić information content (AvgIpc) is 2.87. The number of alkyl halides is 3. The van der Waals surface area contributed by atoms with E-state index in [0.717, 1.165) is 0 Å². The molecule has 1 aromatic rings. The molecule has 1 heterocycles. The second-order valence-corrected chi connectivity index (χ2v) is 6.61. The standard InChI is InChI=1S/C12H11F4NO4S/c13-8-4-3-7(12(14,15)16)6-10(8)22(20,21)17-5-1-2-9(17)11(18)19/h3-4,6,9H,1-2,5H2,(H,18,19)/t9-/m0/s1. The highest BCUT2D eigenvalue weighted by molar-refractivity contribution is 7.89. The average molecular weight is 341 g/mol. The SMILES string of the molecule is O=C(O)[C@@H]1CCCN1S(=O)(=O)c1cc(C(F)(F)F)ccc1F. The van der Waals surface area contributed by atoms with Gasteiger partial charge in [0.2, 0.25) is 10.0 Å². The van der Waals surface area contributed by atoms with E-state index in [1.165, 1.54) is 0 Å². The summed E-state index contributed by atoms with van der Waals surface area (Å²) in [5.41, 5.74) is -1.32. The molecule has 0 aliphatic carbocycles. The van der Waals surface area contributed by atoms with Gasteiger partial charge in [0.15, 0.2) is 0 Å². The van der Waals surface area contributed by atoms with Crippen LogP contribution >= 0.6 is 0 Å². The second kappa shape index (κ2) is 5.51. The number of halogens is 4. The molecular formula is C12H11F4NO4S. The Morgan fingerprint density at radius 3 is 2.50 bits per heavy atom. The maximum atomic E-state index is 13.7. The van der Waals surface area contributed by atoms with Crippen molar-refractivity contribution in [3.8, 4) is 0 Å². The topological polar surface area (TPSA) is 74.7 Å². The predicted molar refractivity (Wildman–Crippen MR) is 66.0 cm³/mol. The number of hydrogen-bond donors (Lipinski definition) is 1. The minimum Gasteiger partial charge on any atom is -0.480 e. The molecule has 0 saturated carbocycles. The van der Waals surface area contributed by atoms with E-state index in [0.29, 0.717) is 16.4 Å². The van der Waals surface area contributed by atoms with Crippen molar-refractivity contribution in [3.63, 3.8) is 0 Å². The first kappa shape index (κ1) is 16.7. The molecule has 1 aromatic carbocycles. The Labute approximate surface area is 123 Å². The first-order valence-corrected chi connectivity index (χ1v) is 7.60. The van der Waals surface area contributed by atoms with Crippen molar-refractivity contribution >= 4 is 16.0 Å². The Hall–Kier alpha value is -1.68. The number of carbonyl (C=O) groups is 1. The van der Waals surface area contributed by atoms with Crippen LogP contribution in [0.4, 0.5) is 17.6 Å². The number of aliphatic carboxylic acids is 1. The van der Waals surface area contributed by atoms with Crippen LogP contribution in [-0.4, -0.2) is 36.4 Å².